The topological polar surface area (TPSA) is 52.6 Å². The molecule has 3 rings (SSSR count). The molecule has 0 amide bonds. The zero-order chi connectivity index (χ0) is 19.4. The maximum absolute atomic E-state index is 13.6. The van der Waals surface area contributed by atoms with Gasteiger partial charge in [-0.15, -0.1) is 0 Å². The van der Waals surface area contributed by atoms with E-state index < -0.39 is 15.1 Å². The standard InChI is InChI=1S/C22H22O4S/c1-16-9-12-19(13-10-16)27(23,24)22(17-7-5-4-6-8-17)20-14-11-18(25-2)15-21(20)26-3/h4-15,22H,1-3H3. The molecular weight excluding hydrogens is 360 g/mol. The number of hydrogen-bond donors (Lipinski definition) is 0. The largest absolute Gasteiger partial charge is 0.497 e. The first-order chi connectivity index (χ1) is 13.0. The molecule has 0 aliphatic carbocycles. The van der Waals surface area contributed by atoms with Crippen LogP contribution >= 0.6 is 0 Å². The van der Waals surface area contributed by atoms with Crippen molar-refractivity contribution in [1.82, 2.24) is 0 Å². The smallest absolute Gasteiger partial charge is 0.189 e. The van der Waals surface area contributed by atoms with Gasteiger partial charge in [-0.2, -0.15) is 0 Å². The van der Waals surface area contributed by atoms with Gasteiger partial charge in [0, 0.05) is 11.6 Å². The van der Waals surface area contributed by atoms with Crippen molar-refractivity contribution in [1.29, 1.82) is 0 Å². The van der Waals surface area contributed by atoms with E-state index in [9.17, 15) is 8.42 Å². The summed E-state index contributed by atoms with van der Waals surface area (Å²) < 4.78 is 37.9. The van der Waals surface area contributed by atoms with Gasteiger partial charge >= 0.3 is 0 Å². The van der Waals surface area contributed by atoms with Crippen LogP contribution in [0.1, 0.15) is 21.9 Å². The van der Waals surface area contributed by atoms with Crippen molar-refractivity contribution in [3.63, 3.8) is 0 Å². The summed E-state index contributed by atoms with van der Waals surface area (Å²) in [4.78, 5) is 0.278. The van der Waals surface area contributed by atoms with Crippen molar-refractivity contribution in [2.45, 2.75) is 17.1 Å². The van der Waals surface area contributed by atoms with E-state index >= 15 is 0 Å². The molecule has 0 aromatic heterocycles. The van der Waals surface area contributed by atoms with E-state index in [4.69, 9.17) is 9.47 Å². The van der Waals surface area contributed by atoms with E-state index in [0.717, 1.165) is 5.56 Å². The van der Waals surface area contributed by atoms with Gasteiger partial charge in [0.1, 0.15) is 16.7 Å². The molecule has 0 saturated carbocycles. The number of hydrogen-bond acceptors (Lipinski definition) is 4. The molecule has 0 spiro atoms. The lowest BCUT2D eigenvalue weighted by molar-refractivity contribution is 0.391. The molecular formula is C22H22O4S. The van der Waals surface area contributed by atoms with E-state index in [1.165, 1.54) is 7.11 Å². The molecule has 3 aromatic carbocycles. The van der Waals surface area contributed by atoms with Gasteiger partial charge in [0.05, 0.1) is 19.1 Å². The first kappa shape index (κ1) is 19.0. The van der Waals surface area contributed by atoms with Crippen LogP contribution in [0.15, 0.2) is 77.7 Å². The average Bonchev–Trinajstić information content (AvgIpc) is 2.69. The number of sulfone groups is 1. The predicted octanol–water partition coefficient (Wildman–Crippen LogP) is 4.58. The Morgan fingerprint density at radius 2 is 1.48 bits per heavy atom. The van der Waals surface area contributed by atoms with Crippen LogP contribution in [-0.4, -0.2) is 22.6 Å². The summed E-state index contributed by atoms with van der Waals surface area (Å²) in [5, 5.41) is -0.887. The first-order valence-electron chi connectivity index (χ1n) is 8.55. The summed E-state index contributed by atoms with van der Waals surface area (Å²) in [5.41, 5.74) is 2.26. The lowest BCUT2D eigenvalue weighted by atomic mass is 10.0. The monoisotopic (exact) mass is 382 g/mol. The Hall–Kier alpha value is -2.79. The summed E-state index contributed by atoms with van der Waals surface area (Å²) in [7, 11) is -0.609. The molecule has 0 bridgehead atoms. The highest BCUT2D eigenvalue weighted by atomic mass is 32.2. The third kappa shape index (κ3) is 3.83. The van der Waals surface area contributed by atoms with E-state index in [0.29, 0.717) is 22.6 Å². The fourth-order valence-corrected chi connectivity index (χ4v) is 4.88. The summed E-state index contributed by atoms with van der Waals surface area (Å²) in [5.74, 6) is 1.08. The molecule has 4 nitrogen and oxygen atoms in total. The number of methoxy groups -OCH3 is 2. The lowest BCUT2D eigenvalue weighted by Crippen LogP contribution is -2.16. The van der Waals surface area contributed by atoms with Crippen LogP contribution in [0.5, 0.6) is 11.5 Å². The predicted molar refractivity (Wildman–Crippen MR) is 106 cm³/mol. The molecule has 0 aliphatic heterocycles. The highest BCUT2D eigenvalue weighted by Crippen LogP contribution is 2.40. The van der Waals surface area contributed by atoms with Gasteiger partial charge in [-0.25, -0.2) is 8.42 Å². The van der Waals surface area contributed by atoms with Gasteiger partial charge in [0.2, 0.25) is 0 Å². The molecule has 0 fully saturated rings. The zero-order valence-corrected chi connectivity index (χ0v) is 16.4. The molecule has 140 valence electrons. The highest BCUT2D eigenvalue weighted by Gasteiger charge is 2.33. The fourth-order valence-electron chi connectivity index (χ4n) is 3.05. The maximum atomic E-state index is 13.6. The third-order valence-electron chi connectivity index (χ3n) is 4.49. The Balaban J connectivity index is 2.23. The van der Waals surface area contributed by atoms with Crippen LogP contribution in [-0.2, 0) is 9.84 Å². The van der Waals surface area contributed by atoms with Gasteiger partial charge in [0.15, 0.2) is 9.84 Å². The third-order valence-corrected chi connectivity index (χ3v) is 6.56. The van der Waals surface area contributed by atoms with Crippen molar-refractivity contribution in [2.24, 2.45) is 0 Å². The summed E-state index contributed by atoms with van der Waals surface area (Å²) in [6.07, 6.45) is 0. The van der Waals surface area contributed by atoms with Crippen molar-refractivity contribution >= 4 is 9.84 Å². The minimum Gasteiger partial charge on any atom is -0.497 e. The summed E-state index contributed by atoms with van der Waals surface area (Å²) in [6, 6.07) is 21.3. The molecule has 5 heteroatoms. The molecule has 0 heterocycles. The Morgan fingerprint density at radius 3 is 2.07 bits per heavy atom. The van der Waals surface area contributed by atoms with E-state index in [2.05, 4.69) is 0 Å². The van der Waals surface area contributed by atoms with Gasteiger partial charge in [-0.05, 0) is 36.8 Å². The first-order valence-corrected chi connectivity index (χ1v) is 10.1. The minimum absolute atomic E-state index is 0.278. The van der Waals surface area contributed by atoms with Crippen LogP contribution in [0.4, 0.5) is 0 Å². The van der Waals surface area contributed by atoms with Gasteiger partial charge < -0.3 is 9.47 Å². The van der Waals surface area contributed by atoms with E-state index in [-0.39, 0.29) is 4.90 Å². The molecule has 0 N–H and O–H groups in total. The van der Waals surface area contributed by atoms with Crippen molar-refractivity contribution in [2.75, 3.05) is 14.2 Å². The SMILES string of the molecule is COc1ccc(C(c2ccccc2)S(=O)(=O)c2ccc(C)cc2)c(OC)c1. The van der Waals surface area contributed by atoms with Crippen LogP contribution in [0, 0.1) is 6.92 Å². The lowest BCUT2D eigenvalue weighted by Gasteiger charge is -2.21. The Morgan fingerprint density at radius 1 is 0.815 bits per heavy atom. The Labute approximate surface area is 160 Å². The normalized spacial score (nSPS) is 12.4. The zero-order valence-electron chi connectivity index (χ0n) is 15.5. The summed E-state index contributed by atoms with van der Waals surface area (Å²) >= 11 is 0. The molecule has 0 radical (unpaired) electrons. The molecule has 3 aromatic rings. The number of aryl methyl sites for hydroxylation is 1. The second-order valence-corrected chi connectivity index (χ2v) is 8.29. The Kier molecular flexibility index (Phi) is 5.51. The highest BCUT2D eigenvalue weighted by molar-refractivity contribution is 7.92. The number of rotatable bonds is 6. The van der Waals surface area contributed by atoms with Gasteiger partial charge in [0.25, 0.3) is 0 Å². The number of ether oxygens (including phenoxy) is 2. The summed E-state index contributed by atoms with van der Waals surface area (Å²) in [6.45, 7) is 1.93. The number of benzene rings is 3. The Bertz CT molecular complexity index is 1010. The molecule has 27 heavy (non-hydrogen) atoms. The molecule has 0 aliphatic rings. The van der Waals surface area contributed by atoms with Crippen LogP contribution < -0.4 is 9.47 Å². The van der Waals surface area contributed by atoms with Crippen molar-refractivity contribution in [3.8, 4) is 11.5 Å². The van der Waals surface area contributed by atoms with E-state index in [1.54, 1.807) is 49.6 Å². The van der Waals surface area contributed by atoms with E-state index in [1.807, 2.05) is 37.3 Å². The van der Waals surface area contributed by atoms with Gasteiger partial charge in [-0.1, -0.05) is 48.0 Å². The van der Waals surface area contributed by atoms with Crippen molar-refractivity contribution < 1.29 is 17.9 Å². The van der Waals surface area contributed by atoms with Crippen LogP contribution in [0.25, 0.3) is 0 Å². The second kappa shape index (κ2) is 7.84. The van der Waals surface area contributed by atoms with Gasteiger partial charge in [-0.3, -0.25) is 0 Å². The maximum Gasteiger partial charge on any atom is 0.189 e. The minimum atomic E-state index is -3.70. The molecule has 1 atom stereocenters. The molecule has 1 unspecified atom stereocenters. The van der Waals surface area contributed by atoms with Crippen molar-refractivity contribution in [3.05, 3.63) is 89.5 Å². The fraction of sp³-hybridized carbons (Fsp3) is 0.182. The van der Waals surface area contributed by atoms with Crippen LogP contribution in [0.2, 0.25) is 0 Å². The average molecular weight is 382 g/mol. The quantitative estimate of drug-likeness (QED) is 0.626. The van der Waals surface area contributed by atoms with Crippen LogP contribution in [0.3, 0.4) is 0 Å². The molecule has 0 saturated heterocycles. The second-order valence-electron chi connectivity index (χ2n) is 6.26.